The highest BCUT2D eigenvalue weighted by Gasteiger charge is 2.30. The molecule has 4 rings (SSSR count). The van der Waals surface area contributed by atoms with Crippen LogP contribution in [0.1, 0.15) is 16.8 Å². The van der Waals surface area contributed by atoms with Gasteiger partial charge in [0.15, 0.2) is 0 Å². The lowest BCUT2D eigenvalue weighted by molar-refractivity contribution is 0.391. The Morgan fingerprint density at radius 1 is 1.12 bits per heavy atom. The van der Waals surface area contributed by atoms with Crippen molar-refractivity contribution in [2.45, 2.75) is 24.8 Å². The van der Waals surface area contributed by atoms with Gasteiger partial charge in [-0.2, -0.15) is 4.31 Å². The van der Waals surface area contributed by atoms with Crippen molar-refractivity contribution in [3.63, 3.8) is 0 Å². The minimum atomic E-state index is -3.52. The predicted molar refractivity (Wildman–Crippen MR) is 97.3 cm³/mol. The fourth-order valence-corrected chi connectivity index (χ4v) is 4.82. The number of hydrogen-bond acceptors (Lipinski definition) is 3. The van der Waals surface area contributed by atoms with Crippen LogP contribution in [0.15, 0.2) is 47.4 Å². The third-order valence-corrected chi connectivity index (χ3v) is 6.65. The number of H-pyrrole nitrogens is 1. The molecule has 6 heteroatoms. The highest BCUT2D eigenvalue weighted by atomic mass is 32.2. The molecule has 1 N–H and O–H groups in total. The van der Waals surface area contributed by atoms with E-state index in [1.54, 1.807) is 35.7 Å². The molecule has 0 fully saturated rings. The monoisotopic (exact) mass is 356 g/mol. The lowest BCUT2D eigenvalue weighted by atomic mass is 10.1. The Balaban J connectivity index is 1.70. The number of methoxy groups -OCH3 is 1. The Kier molecular flexibility index (Phi) is 3.81. The van der Waals surface area contributed by atoms with Crippen LogP contribution in [-0.4, -0.2) is 31.4 Å². The number of ether oxygens (including phenoxy) is 1. The maximum atomic E-state index is 13.0. The van der Waals surface area contributed by atoms with E-state index in [0.29, 0.717) is 30.2 Å². The molecule has 0 aliphatic carbocycles. The Bertz CT molecular complexity index is 1040. The first kappa shape index (κ1) is 16.2. The molecule has 2 heterocycles. The van der Waals surface area contributed by atoms with Gasteiger partial charge in [-0.1, -0.05) is 12.1 Å². The Labute approximate surface area is 147 Å². The van der Waals surface area contributed by atoms with Crippen LogP contribution in [0.25, 0.3) is 10.9 Å². The maximum Gasteiger partial charge on any atom is 0.243 e. The number of aromatic amines is 1. The van der Waals surface area contributed by atoms with Gasteiger partial charge in [-0.3, -0.25) is 0 Å². The average molecular weight is 356 g/mol. The SMILES string of the molecule is COc1ccc(S(=O)(=O)N2CCc3[nH]c4cc(C)ccc4c3C2)cc1. The fourth-order valence-electron chi connectivity index (χ4n) is 3.41. The zero-order valence-corrected chi connectivity index (χ0v) is 15.1. The molecule has 2 aromatic carbocycles. The number of sulfonamides is 1. The Morgan fingerprint density at radius 3 is 2.60 bits per heavy atom. The first-order valence-electron chi connectivity index (χ1n) is 8.23. The molecule has 0 saturated heterocycles. The van der Waals surface area contributed by atoms with E-state index in [9.17, 15) is 8.42 Å². The Morgan fingerprint density at radius 2 is 1.88 bits per heavy atom. The number of aromatic nitrogens is 1. The van der Waals surface area contributed by atoms with Crippen LogP contribution < -0.4 is 4.74 Å². The predicted octanol–water partition coefficient (Wildman–Crippen LogP) is 3.23. The first-order valence-corrected chi connectivity index (χ1v) is 9.67. The summed E-state index contributed by atoms with van der Waals surface area (Å²) >= 11 is 0. The van der Waals surface area contributed by atoms with E-state index in [1.807, 2.05) is 0 Å². The topological polar surface area (TPSA) is 62.4 Å². The van der Waals surface area contributed by atoms with Gasteiger partial charge in [-0.25, -0.2) is 8.42 Å². The number of aryl methyl sites for hydroxylation is 1. The molecular formula is C19H20N2O3S. The number of rotatable bonds is 3. The van der Waals surface area contributed by atoms with E-state index in [2.05, 4.69) is 30.1 Å². The zero-order valence-electron chi connectivity index (χ0n) is 14.2. The summed E-state index contributed by atoms with van der Waals surface area (Å²) in [5.41, 5.74) is 4.49. The molecule has 0 radical (unpaired) electrons. The van der Waals surface area contributed by atoms with Gasteiger partial charge in [0.2, 0.25) is 10.0 Å². The fraction of sp³-hybridized carbons (Fsp3) is 0.263. The van der Waals surface area contributed by atoms with Crippen LogP contribution in [0, 0.1) is 6.92 Å². The van der Waals surface area contributed by atoms with E-state index in [-0.39, 0.29) is 0 Å². The maximum absolute atomic E-state index is 13.0. The number of hydrogen-bond donors (Lipinski definition) is 1. The zero-order chi connectivity index (χ0) is 17.6. The average Bonchev–Trinajstić information content (AvgIpc) is 2.98. The van der Waals surface area contributed by atoms with Crippen LogP contribution >= 0.6 is 0 Å². The number of nitrogens with one attached hydrogen (secondary N) is 1. The quantitative estimate of drug-likeness (QED) is 0.784. The molecule has 1 aromatic heterocycles. The minimum Gasteiger partial charge on any atom is -0.497 e. The molecule has 0 spiro atoms. The standard InChI is InChI=1S/C19H20N2O3S/c1-13-3-8-16-17-12-21(10-9-18(17)20-19(16)11-13)25(22,23)15-6-4-14(24-2)5-7-15/h3-8,11,20H,9-10,12H2,1-2H3. The minimum absolute atomic E-state index is 0.299. The third-order valence-electron chi connectivity index (χ3n) is 4.79. The molecule has 0 atom stereocenters. The van der Waals surface area contributed by atoms with Crippen molar-refractivity contribution >= 4 is 20.9 Å². The van der Waals surface area contributed by atoms with Crippen LogP contribution in [-0.2, 0) is 23.0 Å². The largest absolute Gasteiger partial charge is 0.497 e. The van der Waals surface area contributed by atoms with E-state index in [0.717, 1.165) is 22.2 Å². The van der Waals surface area contributed by atoms with Crippen molar-refractivity contribution in [2.75, 3.05) is 13.7 Å². The molecule has 1 aliphatic heterocycles. The second-order valence-corrected chi connectivity index (χ2v) is 8.33. The molecule has 0 bridgehead atoms. The van der Waals surface area contributed by atoms with Gasteiger partial charge in [-0.15, -0.1) is 0 Å². The summed E-state index contributed by atoms with van der Waals surface area (Å²) in [5, 5.41) is 1.11. The summed E-state index contributed by atoms with van der Waals surface area (Å²) in [7, 11) is -1.96. The number of benzene rings is 2. The molecule has 5 nitrogen and oxygen atoms in total. The van der Waals surface area contributed by atoms with Gasteiger partial charge < -0.3 is 9.72 Å². The van der Waals surface area contributed by atoms with E-state index in [1.165, 1.54) is 5.56 Å². The van der Waals surface area contributed by atoms with Crippen molar-refractivity contribution in [3.05, 3.63) is 59.3 Å². The summed E-state index contributed by atoms with van der Waals surface area (Å²) in [4.78, 5) is 3.74. The molecule has 3 aromatic rings. The lowest BCUT2D eigenvalue weighted by Crippen LogP contribution is -2.35. The van der Waals surface area contributed by atoms with Crippen molar-refractivity contribution in [1.82, 2.24) is 9.29 Å². The second-order valence-electron chi connectivity index (χ2n) is 6.40. The molecule has 0 saturated carbocycles. The summed E-state index contributed by atoms with van der Waals surface area (Å²) in [6.45, 7) is 2.93. The van der Waals surface area contributed by atoms with Gasteiger partial charge in [0.1, 0.15) is 5.75 Å². The summed E-state index contributed by atoms with van der Waals surface area (Å²) in [6, 6.07) is 12.8. The summed E-state index contributed by atoms with van der Waals surface area (Å²) < 4.78 is 32.6. The van der Waals surface area contributed by atoms with Gasteiger partial charge in [0, 0.05) is 36.1 Å². The van der Waals surface area contributed by atoms with Crippen LogP contribution in [0.3, 0.4) is 0 Å². The molecule has 0 amide bonds. The third kappa shape index (κ3) is 2.71. The van der Waals surface area contributed by atoms with Gasteiger partial charge in [0.05, 0.1) is 12.0 Å². The van der Waals surface area contributed by atoms with E-state index >= 15 is 0 Å². The van der Waals surface area contributed by atoms with E-state index in [4.69, 9.17) is 4.74 Å². The van der Waals surface area contributed by atoms with Crippen molar-refractivity contribution in [3.8, 4) is 5.75 Å². The molecule has 0 unspecified atom stereocenters. The van der Waals surface area contributed by atoms with Crippen molar-refractivity contribution in [2.24, 2.45) is 0 Å². The van der Waals surface area contributed by atoms with E-state index < -0.39 is 10.0 Å². The first-order chi connectivity index (χ1) is 12.0. The van der Waals surface area contributed by atoms with Crippen LogP contribution in [0.5, 0.6) is 5.75 Å². The van der Waals surface area contributed by atoms with Crippen molar-refractivity contribution in [1.29, 1.82) is 0 Å². The lowest BCUT2D eigenvalue weighted by Gasteiger charge is -2.26. The summed E-state index contributed by atoms with van der Waals surface area (Å²) in [6.07, 6.45) is 0.693. The van der Waals surface area contributed by atoms with Gasteiger partial charge >= 0.3 is 0 Å². The molecule has 130 valence electrons. The van der Waals surface area contributed by atoms with Gasteiger partial charge in [0.25, 0.3) is 0 Å². The highest BCUT2D eigenvalue weighted by Crippen LogP contribution is 2.31. The normalized spacial score (nSPS) is 15.3. The molecule has 1 aliphatic rings. The Hall–Kier alpha value is -2.31. The number of nitrogens with zero attached hydrogens (tertiary/aromatic N) is 1. The van der Waals surface area contributed by atoms with Gasteiger partial charge in [-0.05, 0) is 48.4 Å². The van der Waals surface area contributed by atoms with Crippen molar-refractivity contribution < 1.29 is 13.2 Å². The molecule has 25 heavy (non-hydrogen) atoms. The smallest absolute Gasteiger partial charge is 0.243 e. The van der Waals surface area contributed by atoms with Crippen LogP contribution in [0.2, 0.25) is 0 Å². The molecular weight excluding hydrogens is 336 g/mol. The second kappa shape index (κ2) is 5.89. The number of fused-ring (bicyclic) bond motifs is 3. The van der Waals surface area contributed by atoms with Crippen LogP contribution in [0.4, 0.5) is 0 Å². The summed E-state index contributed by atoms with van der Waals surface area (Å²) in [5.74, 6) is 0.645. The highest BCUT2D eigenvalue weighted by molar-refractivity contribution is 7.89.